The Morgan fingerprint density at radius 1 is 1.43 bits per heavy atom. The minimum absolute atomic E-state index is 0.129. The van der Waals surface area contributed by atoms with Crippen molar-refractivity contribution in [2.75, 3.05) is 26.2 Å². The first kappa shape index (κ1) is 16.6. The van der Waals surface area contributed by atoms with E-state index in [1.54, 1.807) is 6.07 Å². The highest BCUT2D eigenvalue weighted by Gasteiger charge is 2.21. The summed E-state index contributed by atoms with van der Waals surface area (Å²) < 4.78 is 0. The molecule has 21 heavy (non-hydrogen) atoms. The normalized spacial score (nSPS) is 22.0. The topological polar surface area (TPSA) is 33.5 Å². The predicted molar refractivity (Wildman–Crippen MR) is 87.1 cm³/mol. The van der Waals surface area contributed by atoms with Gasteiger partial charge in [-0.15, -0.1) is 0 Å². The van der Waals surface area contributed by atoms with Crippen LogP contribution in [0.3, 0.4) is 0 Å². The van der Waals surface area contributed by atoms with E-state index < -0.39 is 0 Å². The molecule has 0 radical (unpaired) electrons. The largest absolute Gasteiger partial charge is 0.351 e. The zero-order valence-corrected chi connectivity index (χ0v) is 13.9. The Kier molecular flexibility index (Phi) is 6.34. The van der Waals surface area contributed by atoms with Crippen molar-refractivity contribution in [3.8, 4) is 0 Å². The fourth-order valence-electron chi connectivity index (χ4n) is 2.91. The number of hydrogen-bond acceptors (Lipinski definition) is 1. The second-order valence-electron chi connectivity index (χ2n) is 5.96. The zero-order valence-electron chi connectivity index (χ0n) is 12.4. The van der Waals surface area contributed by atoms with E-state index in [0.717, 1.165) is 31.0 Å². The Morgan fingerprint density at radius 3 is 2.95 bits per heavy atom. The van der Waals surface area contributed by atoms with Crippen LogP contribution in [0.4, 0.5) is 0 Å². The number of halogens is 2. The molecule has 0 aromatic heterocycles. The third-order valence-corrected chi connectivity index (χ3v) is 4.59. The highest BCUT2D eigenvalue weighted by Crippen LogP contribution is 2.20. The Hall–Kier alpha value is -0.770. The van der Waals surface area contributed by atoms with E-state index in [0.29, 0.717) is 23.1 Å². The van der Waals surface area contributed by atoms with E-state index in [-0.39, 0.29) is 5.91 Å². The summed E-state index contributed by atoms with van der Waals surface area (Å²) in [7, 11) is 0. The lowest BCUT2D eigenvalue weighted by molar-refractivity contribution is -0.900. The molecule has 1 unspecified atom stereocenters. The van der Waals surface area contributed by atoms with Crippen molar-refractivity contribution in [1.29, 1.82) is 0 Å². The molecule has 116 valence electrons. The van der Waals surface area contributed by atoms with Gasteiger partial charge in [-0.05, 0) is 37.0 Å². The number of quaternary nitrogens is 1. The van der Waals surface area contributed by atoms with Gasteiger partial charge in [-0.25, -0.2) is 0 Å². The SMILES string of the molecule is C[C@@H]1CCC[NH+](CC(=O)NCCc2ccc(Cl)cc2Cl)C1. The van der Waals surface area contributed by atoms with Gasteiger partial charge in [-0.1, -0.05) is 36.2 Å². The fraction of sp³-hybridized carbons (Fsp3) is 0.562. The number of carbonyl (C=O) groups excluding carboxylic acids is 1. The lowest BCUT2D eigenvalue weighted by atomic mass is 10.0. The summed E-state index contributed by atoms with van der Waals surface area (Å²) in [5.41, 5.74) is 1.01. The van der Waals surface area contributed by atoms with Crippen LogP contribution in [0.2, 0.25) is 10.0 Å². The van der Waals surface area contributed by atoms with Crippen molar-refractivity contribution in [2.45, 2.75) is 26.2 Å². The predicted octanol–water partition coefficient (Wildman–Crippen LogP) is 1.97. The number of rotatable bonds is 5. The van der Waals surface area contributed by atoms with Gasteiger partial charge >= 0.3 is 0 Å². The monoisotopic (exact) mass is 329 g/mol. The number of benzene rings is 1. The van der Waals surface area contributed by atoms with Crippen LogP contribution in [-0.2, 0) is 11.2 Å². The van der Waals surface area contributed by atoms with Crippen LogP contribution in [0.5, 0.6) is 0 Å². The molecule has 1 heterocycles. The number of nitrogens with one attached hydrogen (secondary N) is 2. The van der Waals surface area contributed by atoms with Crippen LogP contribution in [0.15, 0.2) is 18.2 Å². The minimum atomic E-state index is 0.129. The average molecular weight is 330 g/mol. The molecule has 2 N–H and O–H groups in total. The molecule has 1 aliphatic rings. The van der Waals surface area contributed by atoms with Crippen molar-refractivity contribution in [1.82, 2.24) is 5.32 Å². The minimum Gasteiger partial charge on any atom is -0.351 e. The van der Waals surface area contributed by atoms with Crippen LogP contribution in [0.25, 0.3) is 0 Å². The molecule has 1 amide bonds. The molecule has 3 nitrogen and oxygen atoms in total. The van der Waals surface area contributed by atoms with E-state index in [2.05, 4.69) is 12.2 Å². The first-order chi connectivity index (χ1) is 10.0. The van der Waals surface area contributed by atoms with Crippen LogP contribution in [-0.4, -0.2) is 32.1 Å². The fourth-order valence-corrected chi connectivity index (χ4v) is 3.41. The summed E-state index contributed by atoms with van der Waals surface area (Å²) >= 11 is 12.0. The van der Waals surface area contributed by atoms with E-state index in [9.17, 15) is 4.79 Å². The molecule has 0 bridgehead atoms. The number of carbonyl (C=O) groups is 1. The van der Waals surface area contributed by atoms with Crippen molar-refractivity contribution in [3.05, 3.63) is 33.8 Å². The maximum atomic E-state index is 12.0. The zero-order chi connectivity index (χ0) is 15.2. The molecule has 1 saturated heterocycles. The van der Waals surface area contributed by atoms with Gasteiger partial charge in [0, 0.05) is 22.5 Å². The number of piperidine rings is 1. The van der Waals surface area contributed by atoms with Crippen LogP contribution >= 0.6 is 23.2 Å². The highest BCUT2D eigenvalue weighted by atomic mass is 35.5. The smallest absolute Gasteiger partial charge is 0.275 e. The number of amides is 1. The van der Waals surface area contributed by atoms with Gasteiger partial charge < -0.3 is 10.2 Å². The van der Waals surface area contributed by atoms with Crippen LogP contribution < -0.4 is 10.2 Å². The van der Waals surface area contributed by atoms with Gasteiger partial charge in [0.1, 0.15) is 0 Å². The number of hydrogen-bond donors (Lipinski definition) is 2. The average Bonchev–Trinajstić information content (AvgIpc) is 2.41. The van der Waals surface area contributed by atoms with Crippen LogP contribution in [0.1, 0.15) is 25.3 Å². The maximum Gasteiger partial charge on any atom is 0.275 e. The lowest BCUT2D eigenvalue weighted by Gasteiger charge is -2.27. The van der Waals surface area contributed by atoms with E-state index in [1.807, 2.05) is 12.1 Å². The molecular formula is C16H23Cl2N2O+. The molecule has 0 aliphatic carbocycles. The van der Waals surface area contributed by atoms with E-state index in [4.69, 9.17) is 23.2 Å². The molecule has 2 atom stereocenters. The Labute approximate surface area is 136 Å². The maximum absolute atomic E-state index is 12.0. The summed E-state index contributed by atoms with van der Waals surface area (Å²) in [4.78, 5) is 13.4. The van der Waals surface area contributed by atoms with E-state index >= 15 is 0 Å². The third-order valence-electron chi connectivity index (χ3n) is 4.01. The molecule has 1 aliphatic heterocycles. The Morgan fingerprint density at radius 2 is 2.24 bits per heavy atom. The van der Waals surface area contributed by atoms with Gasteiger partial charge in [0.05, 0.1) is 13.1 Å². The summed E-state index contributed by atoms with van der Waals surface area (Å²) in [5.74, 6) is 0.860. The lowest BCUT2D eigenvalue weighted by Crippen LogP contribution is -3.14. The first-order valence-corrected chi connectivity index (χ1v) is 8.34. The molecule has 0 spiro atoms. The molecule has 1 aromatic rings. The number of likely N-dealkylation sites (tertiary alicyclic amines) is 1. The van der Waals surface area contributed by atoms with Crippen molar-refractivity contribution < 1.29 is 9.69 Å². The summed E-state index contributed by atoms with van der Waals surface area (Å²) in [6.45, 7) is 5.68. The molecule has 0 saturated carbocycles. The van der Waals surface area contributed by atoms with Gasteiger partial charge in [0.2, 0.25) is 0 Å². The molecule has 1 aromatic carbocycles. The molecule has 1 fully saturated rings. The first-order valence-electron chi connectivity index (χ1n) is 7.59. The van der Waals surface area contributed by atoms with Crippen molar-refractivity contribution in [2.24, 2.45) is 5.92 Å². The highest BCUT2D eigenvalue weighted by molar-refractivity contribution is 6.35. The standard InChI is InChI=1S/C16H22Cl2N2O/c1-12-3-2-8-20(10-12)11-16(21)19-7-6-13-4-5-14(17)9-15(13)18/h4-5,9,12H,2-3,6-8,10-11H2,1H3,(H,19,21)/p+1/t12-/m1/s1. The second kappa shape index (κ2) is 8.02. The van der Waals surface area contributed by atoms with Crippen molar-refractivity contribution in [3.63, 3.8) is 0 Å². The van der Waals surface area contributed by atoms with Gasteiger partial charge in [-0.2, -0.15) is 0 Å². The van der Waals surface area contributed by atoms with Crippen LogP contribution in [0, 0.1) is 5.92 Å². The van der Waals surface area contributed by atoms with E-state index in [1.165, 1.54) is 17.7 Å². The molecule has 5 heteroatoms. The summed E-state index contributed by atoms with van der Waals surface area (Å²) in [6.07, 6.45) is 3.25. The summed E-state index contributed by atoms with van der Waals surface area (Å²) in [5, 5.41) is 4.28. The Balaban J connectivity index is 1.71. The Bertz CT molecular complexity index is 493. The second-order valence-corrected chi connectivity index (χ2v) is 6.81. The third kappa shape index (κ3) is 5.50. The quantitative estimate of drug-likeness (QED) is 0.850. The molecule has 2 rings (SSSR count). The molecular weight excluding hydrogens is 307 g/mol. The van der Waals surface area contributed by atoms with Gasteiger partial charge in [-0.3, -0.25) is 4.79 Å². The van der Waals surface area contributed by atoms with Gasteiger partial charge in [0.15, 0.2) is 6.54 Å². The van der Waals surface area contributed by atoms with Crippen molar-refractivity contribution >= 4 is 29.1 Å². The van der Waals surface area contributed by atoms with Gasteiger partial charge in [0.25, 0.3) is 5.91 Å². The summed E-state index contributed by atoms with van der Waals surface area (Å²) in [6, 6.07) is 5.47.